The van der Waals surface area contributed by atoms with Crippen molar-refractivity contribution in [2.45, 2.75) is 74.6 Å². The van der Waals surface area contributed by atoms with Gasteiger partial charge in [-0.15, -0.1) is 0 Å². The minimum atomic E-state index is -1.15. The van der Waals surface area contributed by atoms with E-state index in [0.29, 0.717) is 15.7 Å². The molecule has 0 fully saturated rings. The van der Waals surface area contributed by atoms with Crippen molar-refractivity contribution in [3.63, 3.8) is 0 Å². The maximum Gasteiger partial charge on any atom is 0.155 e. The summed E-state index contributed by atoms with van der Waals surface area (Å²) in [5.41, 5.74) is 4.52. The summed E-state index contributed by atoms with van der Waals surface area (Å²) in [6.45, 7) is 13.8. The Hall–Kier alpha value is -1.07. The summed E-state index contributed by atoms with van der Waals surface area (Å²) in [7, 11) is -1.15. The maximum absolute atomic E-state index is 2.42. The van der Waals surface area contributed by atoms with Gasteiger partial charge in [0.1, 0.15) is 0 Å². The third-order valence-corrected chi connectivity index (χ3v) is 12.1. The predicted molar refractivity (Wildman–Crippen MR) is 163 cm³/mol. The van der Waals surface area contributed by atoms with Gasteiger partial charge in [0.15, 0.2) is 8.80 Å². The Kier molecular flexibility index (Phi) is 11.2. The van der Waals surface area contributed by atoms with E-state index in [2.05, 4.69) is 150 Å². The van der Waals surface area contributed by atoms with Crippen LogP contribution in [0.3, 0.4) is 0 Å². The van der Waals surface area contributed by atoms with E-state index in [4.69, 9.17) is 0 Å². The van der Waals surface area contributed by atoms with Crippen molar-refractivity contribution in [1.29, 1.82) is 0 Å². The number of rotatable bonds is 12. The average Bonchev–Trinajstić information content (AvgIpc) is 2.82. The molecule has 34 heavy (non-hydrogen) atoms. The second-order valence-electron chi connectivity index (χ2n) is 9.43. The van der Waals surface area contributed by atoms with Crippen LogP contribution < -0.4 is 15.6 Å². The van der Waals surface area contributed by atoms with Gasteiger partial charge in [-0.05, 0) is 48.0 Å². The molecule has 0 bridgehead atoms. The summed E-state index contributed by atoms with van der Waals surface area (Å²) >= 11 is 6.15. The van der Waals surface area contributed by atoms with Gasteiger partial charge in [-0.3, -0.25) is 0 Å². The van der Waals surface area contributed by atoms with Gasteiger partial charge in [-0.2, -0.15) is 35.3 Å². The number of hydrogen-bond acceptors (Lipinski definition) is 3. The van der Waals surface area contributed by atoms with E-state index in [1.165, 1.54) is 16.7 Å². The molecular formula is C30H39S3Si. The molecule has 0 aliphatic carbocycles. The van der Waals surface area contributed by atoms with Crippen molar-refractivity contribution in [1.82, 2.24) is 0 Å². The van der Waals surface area contributed by atoms with Gasteiger partial charge in [-0.25, -0.2) is 0 Å². The topological polar surface area (TPSA) is 0 Å². The molecule has 0 heterocycles. The summed E-state index contributed by atoms with van der Waals surface area (Å²) in [6, 6.07) is 27.8. The molecule has 0 saturated carbocycles. The average molecular weight is 524 g/mol. The molecule has 3 rings (SSSR count). The minimum Gasteiger partial charge on any atom is -0.154 e. The second kappa shape index (κ2) is 13.9. The Balaban J connectivity index is 2.17. The summed E-state index contributed by atoms with van der Waals surface area (Å²) in [5.74, 6) is 3.23. The highest BCUT2D eigenvalue weighted by Crippen LogP contribution is 2.21. The highest BCUT2D eigenvalue weighted by molar-refractivity contribution is 7.99. The van der Waals surface area contributed by atoms with Crippen LogP contribution >= 0.6 is 35.3 Å². The Labute approximate surface area is 222 Å². The largest absolute Gasteiger partial charge is 0.155 e. The summed E-state index contributed by atoms with van der Waals surface area (Å²) in [6.07, 6.45) is 0. The lowest BCUT2D eigenvalue weighted by atomic mass is 10.2. The Morgan fingerprint density at radius 2 is 0.735 bits per heavy atom. The van der Waals surface area contributed by atoms with Crippen LogP contribution in [-0.2, 0) is 17.3 Å². The smallest absolute Gasteiger partial charge is 0.154 e. The summed E-state index contributed by atoms with van der Waals surface area (Å²) in [5, 5.41) is 6.58. The fourth-order valence-corrected chi connectivity index (χ4v) is 9.69. The normalized spacial score (nSPS) is 11.8. The van der Waals surface area contributed by atoms with Crippen molar-refractivity contribution in [2.75, 3.05) is 0 Å². The van der Waals surface area contributed by atoms with Crippen LogP contribution in [0.5, 0.6) is 0 Å². The molecule has 0 saturated heterocycles. The van der Waals surface area contributed by atoms with Crippen LogP contribution in [0.15, 0.2) is 72.8 Å². The molecule has 3 aromatic carbocycles. The van der Waals surface area contributed by atoms with Crippen molar-refractivity contribution in [3.8, 4) is 0 Å². The van der Waals surface area contributed by atoms with Gasteiger partial charge in [0, 0.05) is 17.3 Å². The molecule has 0 unspecified atom stereocenters. The third-order valence-electron chi connectivity index (χ3n) is 5.58. The zero-order chi connectivity index (χ0) is 24.5. The number of benzene rings is 3. The monoisotopic (exact) mass is 523 g/mol. The molecule has 3 aromatic rings. The molecule has 0 atom stereocenters. The van der Waals surface area contributed by atoms with E-state index in [0.717, 1.165) is 17.3 Å². The fraction of sp³-hybridized carbons (Fsp3) is 0.400. The fourth-order valence-electron chi connectivity index (χ4n) is 3.87. The van der Waals surface area contributed by atoms with E-state index in [1.54, 1.807) is 15.6 Å². The van der Waals surface area contributed by atoms with Crippen LogP contribution in [0.25, 0.3) is 0 Å². The van der Waals surface area contributed by atoms with Crippen LogP contribution in [0.4, 0.5) is 0 Å². The molecule has 0 aliphatic rings. The second-order valence-corrected chi connectivity index (χ2v) is 16.5. The van der Waals surface area contributed by atoms with Crippen molar-refractivity contribution in [2.24, 2.45) is 0 Å². The number of thioether (sulfide) groups is 3. The Bertz CT molecular complexity index is 897. The van der Waals surface area contributed by atoms with Gasteiger partial charge in [0.05, 0.1) is 0 Å². The van der Waals surface area contributed by atoms with E-state index in [1.807, 2.05) is 0 Å². The SMILES string of the molecule is CC(C)SCc1ccccc1[Si](c1ccccc1CSC(C)C)c1ccccc1CSC(C)C. The standard InChI is InChI=1S/C30H39S3Si/c1-22(2)31-19-25-13-7-10-16-28(25)34(29-17-11-8-14-26(29)20-32-23(3)4)30-18-12-9-15-27(30)21-33-24(5)6/h7-18,22-24H,19-21H2,1-6H3. The van der Waals surface area contributed by atoms with Crippen molar-refractivity contribution in [3.05, 3.63) is 89.5 Å². The minimum absolute atomic E-state index is 0.633. The number of hydrogen-bond donors (Lipinski definition) is 0. The lowest BCUT2D eigenvalue weighted by Crippen LogP contribution is -2.55. The molecule has 0 amide bonds. The first-order valence-electron chi connectivity index (χ1n) is 12.3. The molecule has 0 aliphatic heterocycles. The van der Waals surface area contributed by atoms with Crippen LogP contribution in [-0.4, -0.2) is 24.5 Å². The first kappa shape index (κ1) is 27.5. The van der Waals surface area contributed by atoms with Gasteiger partial charge in [-0.1, -0.05) is 114 Å². The lowest BCUT2D eigenvalue weighted by molar-refractivity contribution is 1.11. The molecule has 0 N–H and O–H groups in total. The van der Waals surface area contributed by atoms with E-state index >= 15 is 0 Å². The third kappa shape index (κ3) is 7.98. The Morgan fingerprint density at radius 1 is 0.471 bits per heavy atom. The van der Waals surface area contributed by atoms with Gasteiger partial charge in [0.2, 0.25) is 0 Å². The van der Waals surface area contributed by atoms with Crippen LogP contribution in [0, 0.1) is 0 Å². The van der Waals surface area contributed by atoms with Gasteiger partial charge < -0.3 is 0 Å². The zero-order valence-electron chi connectivity index (χ0n) is 21.5. The van der Waals surface area contributed by atoms with Gasteiger partial charge >= 0.3 is 0 Å². The zero-order valence-corrected chi connectivity index (χ0v) is 25.0. The summed E-state index contributed by atoms with van der Waals surface area (Å²) < 4.78 is 0. The van der Waals surface area contributed by atoms with E-state index in [-0.39, 0.29) is 0 Å². The van der Waals surface area contributed by atoms with Gasteiger partial charge in [0.25, 0.3) is 0 Å². The van der Waals surface area contributed by atoms with Crippen molar-refractivity contribution < 1.29 is 0 Å². The molecule has 0 aromatic heterocycles. The lowest BCUT2D eigenvalue weighted by Gasteiger charge is -2.25. The molecule has 1 radical (unpaired) electrons. The molecule has 0 spiro atoms. The first-order chi connectivity index (χ1) is 16.4. The Morgan fingerprint density at radius 3 is 1.00 bits per heavy atom. The maximum atomic E-state index is 2.42. The summed E-state index contributed by atoms with van der Waals surface area (Å²) in [4.78, 5) is 0. The highest BCUT2D eigenvalue weighted by atomic mass is 32.2. The molecule has 181 valence electrons. The quantitative estimate of drug-likeness (QED) is 0.183. The first-order valence-corrected chi connectivity index (χ1v) is 17.0. The van der Waals surface area contributed by atoms with E-state index < -0.39 is 8.80 Å². The predicted octanol–water partition coefficient (Wildman–Crippen LogP) is 7.13. The van der Waals surface area contributed by atoms with Crippen LogP contribution in [0.1, 0.15) is 58.2 Å². The van der Waals surface area contributed by atoms with E-state index in [9.17, 15) is 0 Å². The van der Waals surface area contributed by atoms with Crippen LogP contribution in [0.2, 0.25) is 0 Å². The molecule has 0 nitrogen and oxygen atoms in total. The highest BCUT2D eigenvalue weighted by Gasteiger charge is 2.26. The van der Waals surface area contributed by atoms with Crippen molar-refractivity contribution >= 4 is 59.6 Å². The molecule has 4 heteroatoms. The molecular weight excluding hydrogens is 485 g/mol.